The average Bonchev–Trinajstić information content (AvgIpc) is 2.76. The molecule has 0 unspecified atom stereocenters. The molecule has 0 spiro atoms. The molecule has 0 saturated heterocycles. The molecule has 0 aliphatic carbocycles. The lowest BCUT2D eigenvalue weighted by molar-refractivity contribution is -0.118. The average molecular weight is 407 g/mol. The Labute approximate surface area is 176 Å². The van der Waals surface area contributed by atoms with Crippen molar-refractivity contribution in [3.8, 4) is 17.6 Å². The third kappa shape index (κ3) is 6.99. The Morgan fingerprint density at radius 1 is 1.07 bits per heavy atom. The highest BCUT2D eigenvalue weighted by Gasteiger charge is 2.12. The zero-order chi connectivity index (χ0) is 21.8. The van der Waals surface area contributed by atoms with Crippen LogP contribution in [0.25, 0.3) is 6.08 Å². The number of hydrogen-bond acceptors (Lipinski definition) is 5. The number of nitriles is 1. The summed E-state index contributed by atoms with van der Waals surface area (Å²) < 4.78 is 11.2. The van der Waals surface area contributed by atoms with Crippen LogP contribution in [0.5, 0.6) is 11.5 Å². The summed E-state index contributed by atoms with van der Waals surface area (Å²) in [7, 11) is 0. The second-order valence-electron chi connectivity index (χ2n) is 6.27. The van der Waals surface area contributed by atoms with E-state index in [1.54, 1.807) is 30.3 Å². The molecule has 0 bridgehead atoms. The van der Waals surface area contributed by atoms with E-state index >= 15 is 0 Å². The van der Waals surface area contributed by atoms with Crippen LogP contribution in [0.3, 0.4) is 0 Å². The van der Waals surface area contributed by atoms with E-state index in [0.29, 0.717) is 35.9 Å². The number of anilines is 1. The standard InChI is InChI=1S/C23H25N3O4/c1-3-12-25-23(28)18(15-24)13-17-10-11-20(21(14-17)29-4-2)30-16-22(27)26-19-8-6-5-7-9-19/h5-11,13-14H,3-4,12,16H2,1-2H3,(H,25,28)(H,26,27)/b18-13+. The highest BCUT2D eigenvalue weighted by atomic mass is 16.5. The number of rotatable bonds is 10. The van der Waals surface area contributed by atoms with Gasteiger partial charge in [0.05, 0.1) is 6.61 Å². The summed E-state index contributed by atoms with van der Waals surface area (Å²) in [6.07, 6.45) is 2.27. The summed E-state index contributed by atoms with van der Waals surface area (Å²) >= 11 is 0. The molecule has 2 aromatic rings. The first-order valence-corrected chi connectivity index (χ1v) is 9.71. The Morgan fingerprint density at radius 2 is 1.83 bits per heavy atom. The van der Waals surface area contributed by atoms with E-state index in [9.17, 15) is 14.9 Å². The molecule has 156 valence electrons. The van der Waals surface area contributed by atoms with Gasteiger partial charge >= 0.3 is 0 Å². The molecule has 7 nitrogen and oxygen atoms in total. The predicted octanol–water partition coefficient (Wildman–Crippen LogP) is 3.54. The molecule has 0 aliphatic rings. The number of benzene rings is 2. The van der Waals surface area contributed by atoms with Crippen molar-refractivity contribution >= 4 is 23.6 Å². The molecule has 0 saturated carbocycles. The highest BCUT2D eigenvalue weighted by molar-refractivity contribution is 6.01. The number of ether oxygens (including phenoxy) is 2. The molecule has 0 aromatic heterocycles. The van der Waals surface area contributed by atoms with Crippen molar-refractivity contribution in [2.24, 2.45) is 0 Å². The number of amides is 2. The first-order valence-electron chi connectivity index (χ1n) is 9.71. The van der Waals surface area contributed by atoms with Gasteiger partial charge in [-0.1, -0.05) is 31.2 Å². The number of hydrogen-bond donors (Lipinski definition) is 2. The van der Waals surface area contributed by atoms with Gasteiger partial charge in [-0.2, -0.15) is 5.26 Å². The maximum Gasteiger partial charge on any atom is 0.262 e. The Kier molecular flexibility index (Phi) is 8.94. The van der Waals surface area contributed by atoms with Gasteiger partial charge < -0.3 is 20.1 Å². The summed E-state index contributed by atoms with van der Waals surface area (Å²) in [5.41, 5.74) is 1.30. The molecule has 2 rings (SSSR count). The SMILES string of the molecule is CCCNC(=O)/C(C#N)=C/c1ccc(OCC(=O)Nc2ccccc2)c(OCC)c1. The first kappa shape index (κ1) is 22.5. The largest absolute Gasteiger partial charge is 0.490 e. The molecule has 30 heavy (non-hydrogen) atoms. The fourth-order valence-corrected chi connectivity index (χ4v) is 2.51. The lowest BCUT2D eigenvalue weighted by atomic mass is 10.1. The van der Waals surface area contributed by atoms with Gasteiger partial charge in [0.25, 0.3) is 11.8 Å². The number of nitrogens with zero attached hydrogens (tertiary/aromatic N) is 1. The van der Waals surface area contributed by atoms with Gasteiger partial charge in [0, 0.05) is 12.2 Å². The highest BCUT2D eigenvalue weighted by Crippen LogP contribution is 2.29. The molecule has 0 heterocycles. The summed E-state index contributed by atoms with van der Waals surface area (Å²) in [5.74, 6) is 0.0957. The Balaban J connectivity index is 2.10. The predicted molar refractivity (Wildman–Crippen MR) is 115 cm³/mol. The lowest BCUT2D eigenvalue weighted by Crippen LogP contribution is -2.25. The summed E-state index contributed by atoms with van der Waals surface area (Å²) in [6.45, 7) is 4.46. The zero-order valence-corrected chi connectivity index (χ0v) is 17.1. The molecule has 0 atom stereocenters. The Bertz CT molecular complexity index is 933. The minimum atomic E-state index is -0.421. The topological polar surface area (TPSA) is 100 Å². The quantitative estimate of drug-likeness (QED) is 0.463. The number of carbonyl (C=O) groups excluding carboxylic acids is 2. The van der Waals surface area contributed by atoms with Crippen LogP contribution in [0.1, 0.15) is 25.8 Å². The maximum atomic E-state index is 12.1. The fourth-order valence-electron chi connectivity index (χ4n) is 2.51. The van der Waals surface area contributed by atoms with Crippen molar-refractivity contribution in [2.45, 2.75) is 20.3 Å². The normalized spacial score (nSPS) is 10.6. The molecule has 2 aromatic carbocycles. The monoisotopic (exact) mass is 407 g/mol. The van der Waals surface area contributed by atoms with Gasteiger partial charge in [0.15, 0.2) is 18.1 Å². The van der Waals surface area contributed by atoms with Crippen LogP contribution < -0.4 is 20.1 Å². The Morgan fingerprint density at radius 3 is 2.50 bits per heavy atom. The van der Waals surface area contributed by atoms with E-state index in [2.05, 4.69) is 10.6 Å². The van der Waals surface area contributed by atoms with Gasteiger partial charge in [-0.05, 0) is 49.2 Å². The van der Waals surface area contributed by atoms with Crippen molar-refractivity contribution in [1.29, 1.82) is 5.26 Å². The van der Waals surface area contributed by atoms with Crippen LogP contribution in [0.2, 0.25) is 0 Å². The molecule has 2 amide bonds. The summed E-state index contributed by atoms with van der Waals surface area (Å²) in [4.78, 5) is 24.1. The van der Waals surface area contributed by atoms with Crippen molar-refractivity contribution in [3.63, 3.8) is 0 Å². The van der Waals surface area contributed by atoms with E-state index in [1.165, 1.54) is 6.08 Å². The fraction of sp³-hybridized carbons (Fsp3) is 0.261. The van der Waals surface area contributed by atoms with E-state index in [0.717, 1.165) is 6.42 Å². The lowest BCUT2D eigenvalue weighted by Gasteiger charge is -2.13. The van der Waals surface area contributed by atoms with Crippen LogP contribution in [0.15, 0.2) is 54.1 Å². The third-order valence-electron chi connectivity index (χ3n) is 3.90. The maximum absolute atomic E-state index is 12.1. The summed E-state index contributed by atoms with van der Waals surface area (Å²) in [5, 5.41) is 14.7. The van der Waals surface area contributed by atoms with Crippen molar-refractivity contribution in [2.75, 3.05) is 25.1 Å². The number of carbonyl (C=O) groups is 2. The molecule has 0 aliphatic heterocycles. The Hall–Kier alpha value is -3.79. The second-order valence-corrected chi connectivity index (χ2v) is 6.27. The van der Waals surface area contributed by atoms with Crippen molar-refractivity contribution in [1.82, 2.24) is 5.32 Å². The van der Waals surface area contributed by atoms with E-state index in [-0.39, 0.29) is 18.1 Å². The molecule has 0 radical (unpaired) electrons. The number of para-hydroxylation sites is 1. The van der Waals surface area contributed by atoms with Gasteiger partial charge in [-0.3, -0.25) is 9.59 Å². The minimum Gasteiger partial charge on any atom is -0.490 e. The zero-order valence-electron chi connectivity index (χ0n) is 17.1. The van der Waals surface area contributed by atoms with Crippen LogP contribution in [0.4, 0.5) is 5.69 Å². The third-order valence-corrected chi connectivity index (χ3v) is 3.90. The van der Waals surface area contributed by atoms with E-state index in [1.807, 2.05) is 38.1 Å². The molecular weight excluding hydrogens is 382 g/mol. The molecular formula is C23H25N3O4. The molecule has 0 fully saturated rings. The van der Waals surface area contributed by atoms with Crippen LogP contribution in [-0.2, 0) is 9.59 Å². The van der Waals surface area contributed by atoms with E-state index in [4.69, 9.17) is 9.47 Å². The van der Waals surface area contributed by atoms with Gasteiger partial charge in [0.1, 0.15) is 11.6 Å². The smallest absolute Gasteiger partial charge is 0.262 e. The van der Waals surface area contributed by atoms with E-state index < -0.39 is 5.91 Å². The van der Waals surface area contributed by atoms with Crippen LogP contribution in [-0.4, -0.2) is 31.6 Å². The van der Waals surface area contributed by atoms with Crippen molar-refractivity contribution < 1.29 is 19.1 Å². The second kappa shape index (κ2) is 11.9. The van der Waals surface area contributed by atoms with Gasteiger partial charge in [-0.15, -0.1) is 0 Å². The minimum absolute atomic E-state index is 0.00167. The molecule has 7 heteroatoms. The molecule has 2 N–H and O–H groups in total. The van der Waals surface area contributed by atoms with Gasteiger partial charge in [0.2, 0.25) is 0 Å². The number of nitrogens with one attached hydrogen (secondary N) is 2. The van der Waals surface area contributed by atoms with Crippen molar-refractivity contribution in [3.05, 3.63) is 59.7 Å². The summed E-state index contributed by atoms with van der Waals surface area (Å²) in [6, 6.07) is 16.0. The van der Waals surface area contributed by atoms with Crippen LogP contribution >= 0.6 is 0 Å². The first-order chi connectivity index (χ1) is 14.6. The van der Waals surface area contributed by atoms with Crippen LogP contribution in [0, 0.1) is 11.3 Å². The van der Waals surface area contributed by atoms with Gasteiger partial charge in [-0.25, -0.2) is 0 Å².